The number of nitrogens with one attached hydrogen (secondary N) is 1. The Labute approximate surface area is 70.8 Å². The first kappa shape index (κ1) is 9.31. The van der Waals surface area contributed by atoms with Gasteiger partial charge in [0.05, 0.1) is 4.75 Å². The van der Waals surface area contributed by atoms with Crippen molar-refractivity contribution in [2.24, 2.45) is 0 Å². The van der Waals surface area contributed by atoms with Crippen molar-refractivity contribution in [1.82, 2.24) is 4.72 Å². The molecule has 1 saturated carbocycles. The van der Waals surface area contributed by atoms with Crippen LogP contribution in [0.1, 0.15) is 26.2 Å². The summed E-state index contributed by atoms with van der Waals surface area (Å²) in [7, 11) is -3.65. The normalized spacial score (nSPS) is 20.1. The standard InChI is InChI=1S/C6H11NO4S/c1-2-6(3-4-6)12(10,11)7-5(8)9/h7H,2-4H2,1H3,(H,8,9). The van der Waals surface area contributed by atoms with Gasteiger partial charge < -0.3 is 5.11 Å². The number of amides is 1. The zero-order valence-electron chi connectivity index (χ0n) is 6.70. The van der Waals surface area contributed by atoms with Gasteiger partial charge in [0, 0.05) is 0 Å². The molecule has 1 aliphatic rings. The Morgan fingerprint density at radius 1 is 1.58 bits per heavy atom. The first-order valence-electron chi connectivity index (χ1n) is 3.69. The lowest BCUT2D eigenvalue weighted by atomic mass is 10.3. The van der Waals surface area contributed by atoms with Gasteiger partial charge >= 0.3 is 6.09 Å². The van der Waals surface area contributed by atoms with Gasteiger partial charge in [0.2, 0.25) is 10.0 Å². The third-order valence-corrected chi connectivity index (χ3v) is 4.52. The molecule has 0 saturated heterocycles. The Bertz CT molecular complexity index is 291. The van der Waals surface area contributed by atoms with Gasteiger partial charge in [-0.25, -0.2) is 17.9 Å². The summed E-state index contributed by atoms with van der Waals surface area (Å²) in [6, 6.07) is 0. The van der Waals surface area contributed by atoms with E-state index in [1.165, 1.54) is 0 Å². The number of sulfonamides is 1. The smallest absolute Gasteiger partial charge is 0.418 e. The maximum atomic E-state index is 11.3. The van der Waals surface area contributed by atoms with Gasteiger partial charge in [0.25, 0.3) is 0 Å². The highest BCUT2D eigenvalue weighted by molar-refractivity contribution is 7.91. The zero-order chi connectivity index (χ0) is 9.41. The first-order valence-corrected chi connectivity index (χ1v) is 5.17. The molecule has 0 heterocycles. The minimum absolute atomic E-state index is 0.468. The first-order chi connectivity index (χ1) is 5.43. The molecule has 6 heteroatoms. The predicted molar refractivity (Wildman–Crippen MR) is 42.3 cm³/mol. The fourth-order valence-corrected chi connectivity index (χ4v) is 2.64. The maximum absolute atomic E-state index is 11.3. The molecular formula is C6H11NO4S. The zero-order valence-corrected chi connectivity index (χ0v) is 7.52. The van der Waals surface area contributed by atoms with Crippen molar-refractivity contribution in [2.75, 3.05) is 0 Å². The molecule has 0 aliphatic heterocycles. The summed E-state index contributed by atoms with van der Waals surface area (Å²) in [5.41, 5.74) is 0. The Balaban J connectivity index is 2.79. The Hall–Kier alpha value is -0.780. The minimum Gasteiger partial charge on any atom is -0.464 e. The molecule has 0 aromatic heterocycles. The van der Waals surface area contributed by atoms with Gasteiger partial charge in [0.1, 0.15) is 0 Å². The number of hydrogen-bond donors (Lipinski definition) is 2. The van der Waals surface area contributed by atoms with Crippen molar-refractivity contribution in [3.63, 3.8) is 0 Å². The monoisotopic (exact) mass is 193 g/mol. The number of hydrogen-bond acceptors (Lipinski definition) is 3. The second kappa shape index (κ2) is 2.62. The van der Waals surface area contributed by atoms with E-state index in [2.05, 4.69) is 0 Å². The van der Waals surface area contributed by atoms with Crippen LogP contribution in [0.25, 0.3) is 0 Å². The van der Waals surface area contributed by atoms with Crippen LogP contribution in [0, 0.1) is 0 Å². The van der Waals surface area contributed by atoms with Crippen molar-refractivity contribution in [1.29, 1.82) is 0 Å². The fraction of sp³-hybridized carbons (Fsp3) is 0.833. The van der Waals surface area contributed by atoms with Crippen LogP contribution in [0.4, 0.5) is 4.79 Å². The summed E-state index contributed by atoms with van der Waals surface area (Å²) in [4.78, 5) is 10.1. The third-order valence-electron chi connectivity index (χ3n) is 2.24. The van der Waals surface area contributed by atoms with Gasteiger partial charge in [-0.3, -0.25) is 0 Å². The van der Waals surface area contributed by atoms with E-state index >= 15 is 0 Å². The molecule has 1 amide bonds. The Morgan fingerprint density at radius 3 is 2.33 bits per heavy atom. The van der Waals surface area contributed by atoms with Gasteiger partial charge in [-0.05, 0) is 19.3 Å². The van der Waals surface area contributed by atoms with Crippen LogP contribution in [0.3, 0.4) is 0 Å². The lowest BCUT2D eigenvalue weighted by Gasteiger charge is -2.12. The molecule has 0 unspecified atom stereocenters. The summed E-state index contributed by atoms with van der Waals surface area (Å²) in [5, 5.41) is 8.25. The number of carbonyl (C=O) groups is 1. The van der Waals surface area contributed by atoms with Crippen molar-refractivity contribution >= 4 is 16.1 Å². The van der Waals surface area contributed by atoms with Crippen LogP contribution in [-0.2, 0) is 10.0 Å². The number of rotatable bonds is 3. The molecule has 0 spiro atoms. The van der Waals surface area contributed by atoms with Crippen LogP contribution < -0.4 is 4.72 Å². The van der Waals surface area contributed by atoms with Crippen molar-refractivity contribution in [2.45, 2.75) is 30.9 Å². The Morgan fingerprint density at radius 2 is 2.08 bits per heavy atom. The molecule has 0 aromatic carbocycles. The summed E-state index contributed by atoms with van der Waals surface area (Å²) >= 11 is 0. The average molecular weight is 193 g/mol. The molecule has 1 rings (SSSR count). The minimum atomic E-state index is -3.65. The van der Waals surface area contributed by atoms with Crippen molar-refractivity contribution < 1.29 is 18.3 Å². The van der Waals surface area contributed by atoms with E-state index in [0.717, 1.165) is 0 Å². The number of carboxylic acid groups (broad SMARTS) is 1. The lowest BCUT2D eigenvalue weighted by molar-refractivity contribution is 0.201. The third kappa shape index (κ3) is 1.38. The molecule has 2 N–H and O–H groups in total. The summed E-state index contributed by atoms with van der Waals surface area (Å²) in [6.07, 6.45) is 0.0862. The molecule has 1 fully saturated rings. The van der Waals surface area contributed by atoms with Crippen molar-refractivity contribution in [3.05, 3.63) is 0 Å². The molecule has 1 aliphatic carbocycles. The van der Waals surface area contributed by atoms with Crippen molar-refractivity contribution in [3.8, 4) is 0 Å². The van der Waals surface area contributed by atoms with Crippen LogP contribution in [0.15, 0.2) is 0 Å². The van der Waals surface area contributed by atoms with E-state index in [1.54, 1.807) is 11.6 Å². The van der Waals surface area contributed by atoms with Crippen LogP contribution in [0.5, 0.6) is 0 Å². The largest absolute Gasteiger partial charge is 0.464 e. The van der Waals surface area contributed by atoms with Gasteiger partial charge in [-0.1, -0.05) is 6.92 Å². The quantitative estimate of drug-likeness (QED) is 0.684. The molecule has 0 bridgehead atoms. The van der Waals surface area contributed by atoms with Crippen LogP contribution >= 0.6 is 0 Å². The second-order valence-electron chi connectivity index (χ2n) is 2.95. The van der Waals surface area contributed by atoms with E-state index in [1.807, 2.05) is 0 Å². The van der Waals surface area contributed by atoms with E-state index in [-0.39, 0.29) is 0 Å². The average Bonchev–Trinajstić information content (AvgIpc) is 2.62. The van der Waals surface area contributed by atoms with E-state index < -0.39 is 20.9 Å². The summed E-state index contributed by atoms with van der Waals surface area (Å²) in [5.74, 6) is 0. The maximum Gasteiger partial charge on any atom is 0.418 e. The van der Waals surface area contributed by atoms with Crippen LogP contribution in [-0.4, -0.2) is 24.4 Å². The molecule has 5 nitrogen and oxygen atoms in total. The van der Waals surface area contributed by atoms with Gasteiger partial charge in [-0.15, -0.1) is 0 Å². The SMILES string of the molecule is CCC1(S(=O)(=O)NC(=O)O)CC1. The van der Waals surface area contributed by atoms with E-state index in [4.69, 9.17) is 5.11 Å². The topological polar surface area (TPSA) is 83.5 Å². The fourth-order valence-electron chi connectivity index (χ4n) is 1.17. The highest BCUT2D eigenvalue weighted by atomic mass is 32.2. The van der Waals surface area contributed by atoms with E-state index in [0.29, 0.717) is 19.3 Å². The second-order valence-corrected chi connectivity index (χ2v) is 5.02. The lowest BCUT2D eigenvalue weighted by Crippen LogP contribution is -2.38. The Kier molecular flexibility index (Phi) is 2.03. The van der Waals surface area contributed by atoms with Gasteiger partial charge in [0.15, 0.2) is 0 Å². The summed E-state index contributed by atoms with van der Waals surface area (Å²) < 4.78 is 23.3. The molecule has 12 heavy (non-hydrogen) atoms. The molecular weight excluding hydrogens is 182 g/mol. The van der Waals surface area contributed by atoms with E-state index in [9.17, 15) is 13.2 Å². The van der Waals surface area contributed by atoms with Gasteiger partial charge in [-0.2, -0.15) is 0 Å². The molecule has 0 aromatic rings. The highest BCUT2D eigenvalue weighted by Crippen LogP contribution is 2.45. The summed E-state index contributed by atoms with van der Waals surface area (Å²) in [6.45, 7) is 1.74. The van der Waals surface area contributed by atoms with Crippen LogP contribution in [0.2, 0.25) is 0 Å². The molecule has 0 radical (unpaired) electrons. The predicted octanol–water partition coefficient (Wildman–Crippen LogP) is 0.526. The highest BCUT2D eigenvalue weighted by Gasteiger charge is 2.53. The molecule has 70 valence electrons. The molecule has 0 atom stereocenters.